The summed E-state index contributed by atoms with van der Waals surface area (Å²) < 4.78 is 13.3. The number of nitrogens with one attached hydrogen (secondary N) is 2. The number of aromatic amines is 1. The molecule has 0 aromatic carbocycles. The largest absolute Gasteiger partial charge is 0.450 e. The molecule has 9 heteroatoms. The lowest BCUT2D eigenvalue weighted by Crippen LogP contribution is -2.09. The average molecular weight is 346 g/mol. The molecule has 0 unspecified atom stereocenters. The van der Waals surface area contributed by atoms with Crippen LogP contribution in [0.2, 0.25) is 5.15 Å². The summed E-state index contributed by atoms with van der Waals surface area (Å²) in [5.41, 5.74) is 3.00. The van der Waals surface area contributed by atoms with Crippen LogP contribution in [0, 0.1) is 0 Å². The Kier molecular flexibility index (Phi) is 3.31. The number of amides is 1. The Morgan fingerprint density at radius 2 is 2.21 bits per heavy atom. The number of H-pyrrole nitrogens is 1. The minimum absolute atomic E-state index is 0.167. The summed E-state index contributed by atoms with van der Waals surface area (Å²) >= 11 is 6.27. The lowest BCUT2D eigenvalue weighted by atomic mass is 10.1. The van der Waals surface area contributed by atoms with Gasteiger partial charge < -0.3 is 4.98 Å². The van der Waals surface area contributed by atoms with E-state index in [0.717, 1.165) is 16.5 Å². The Bertz CT molecular complexity index is 1070. The van der Waals surface area contributed by atoms with Crippen molar-refractivity contribution in [3.05, 3.63) is 47.9 Å². The zero-order chi connectivity index (χ0) is 16.7. The highest BCUT2D eigenvalue weighted by Gasteiger charge is 2.11. The van der Waals surface area contributed by atoms with Gasteiger partial charge in [-0.3, -0.25) is 5.32 Å². The number of aromatic nitrogens is 4. The normalized spacial score (nSPS) is 11.1. The van der Waals surface area contributed by atoms with Crippen LogP contribution in [0.1, 0.15) is 0 Å². The second kappa shape index (κ2) is 5.50. The Balaban J connectivity index is 1.78. The SMILES string of the molecule is O=C(Nc1cc2cc(-c3cc4cc[nH]c4nc3Cl)ccn2n1)OF. The number of halogens is 2. The van der Waals surface area contributed by atoms with Gasteiger partial charge in [-0.25, -0.2) is 19.2 Å². The van der Waals surface area contributed by atoms with Crippen LogP contribution in [0.15, 0.2) is 42.7 Å². The first-order valence-electron chi connectivity index (χ1n) is 6.87. The van der Waals surface area contributed by atoms with Crippen LogP contribution >= 0.6 is 11.6 Å². The van der Waals surface area contributed by atoms with Crippen molar-refractivity contribution in [2.75, 3.05) is 5.32 Å². The molecule has 0 bridgehead atoms. The van der Waals surface area contributed by atoms with Gasteiger partial charge in [0.1, 0.15) is 10.8 Å². The van der Waals surface area contributed by atoms with Gasteiger partial charge in [-0.2, -0.15) is 0 Å². The van der Waals surface area contributed by atoms with Gasteiger partial charge in [0.25, 0.3) is 0 Å². The van der Waals surface area contributed by atoms with E-state index in [-0.39, 0.29) is 5.82 Å². The number of anilines is 1. The van der Waals surface area contributed by atoms with Crippen LogP contribution in [0.4, 0.5) is 15.1 Å². The highest BCUT2D eigenvalue weighted by atomic mass is 35.5. The summed E-state index contributed by atoms with van der Waals surface area (Å²) in [7, 11) is 0. The van der Waals surface area contributed by atoms with Crippen molar-refractivity contribution >= 4 is 40.1 Å². The molecule has 0 spiro atoms. The third-order valence-corrected chi connectivity index (χ3v) is 3.85. The molecule has 1 amide bonds. The van der Waals surface area contributed by atoms with Crippen LogP contribution in [-0.4, -0.2) is 25.7 Å². The lowest BCUT2D eigenvalue weighted by molar-refractivity contribution is -0.0544. The number of carbonyl (C=O) groups excluding carboxylic acids is 1. The average Bonchev–Trinajstić information content (AvgIpc) is 3.18. The number of rotatable bonds is 2. The number of nitrogens with zero attached hydrogens (tertiary/aromatic N) is 3. The molecule has 4 heterocycles. The molecule has 120 valence electrons. The fraction of sp³-hybridized carbons (Fsp3) is 0. The monoisotopic (exact) mass is 345 g/mol. The molecule has 24 heavy (non-hydrogen) atoms. The molecule has 0 radical (unpaired) electrons. The highest BCUT2D eigenvalue weighted by molar-refractivity contribution is 6.32. The second-order valence-corrected chi connectivity index (χ2v) is 5.40. The fourth-order valence-electron chi connectivity index (χ4n) is 2.51. The van der Waals surface area contributed by atoms with Gasteiger partial charge in [0.2, 0.25) is 0 Å². The van der Waals surface area contributed by atoms with E-state index in [2.05, 4.69) is 25.3 Å². The first-order valence-corrected chi connectivity index (χ1v) is 7.25. The highest BCUT2D eigenvalue weighted by Crippen LogP contribution is 2.30. The molecule has 0 saturated heterocycles. The van der Waals surface area contributed by atoms with Crippen molar-refractivity contribution in [1.29, 1.82) is 0 Å². The van der Waals surface area contributed by atoms with E-state index in [4.69, 9.17) is 11.6 Å². The van der Waals surface area contributed by atoms with Crippen molar-refractivity contribution in [3.63, 3.8) is 0 Å². The molecule has 4 aromatic rings. The maximum atomic E-state index is 11.8. The molecular weight excluding hydrogens is 337 g/mol. The Hall–Kier alpha value is -3.13. The van der Waals surface area contributed by atoms with Gasteiger partial charge in [-0.15, -0.1) is 5.10 Å². The minimum atomic E-state index is -1.23. The molecule has 2 N–H and O–H groups in total. The molecule has 0 fully saturated rings. The van der Waals surface area contributed by atoms with Gasteiger partial charge in [-0.1, -0.05) is 11.6 Å². The summed E-state index contributed by atoms with van der Waals surface area (Å²) in [6.45, 7) is 0. The Morgan fingerprint density at radius 3 is 3.04 bits per heavy atom. The van der Waals surface area contributed by atoms with Crippen LogP contribution in [0.3, 0.4) is 0 Å². The van der Waals surface area contributed by atoms with E-state index in [0.29, 0.717) is 16.3 Å². The van der Waals surface area contributed by atoms with Crippen LogP contribution < -0.4 is 5.32 Å². The Labute approximate surface area is 138 Å². The molecule has 7 nitrogen and oxygen atoms in total. The smallest absolute Gasteiger partial charge is 0.346 e. The summed E-state index contributed by atoms with van der Waals surface area (Å²) in [4.78, 5) is 21.3. The fourth-order valence-corrected chi connectivity index (χ4v) is 2.76. The summed E-state index contributed by atoms with van der Waals surface area (Å²) in [5, 5.41) is 7.55. The molecule has 4 aromatic heterocycles. The molecule has 0 aliphatic rings. The zero-order valence-corrected chi connectivity index (χ0v) is 12.7. The third-order valence-electron chi connectivity index (χ3n) is 3.56. The van der Waals surface area contributed by atoms with E-state index in [1.807, 2.05) is 24.3 Å². The predicted molar refractivity (Wildman–Crippen MR) is 86.5 cm³/mol. The topological polar surface area (TPSA) is 84.3 Å². The van der Waals surface area contributed by atoms with Gasteiger partial charge in [0, 0.05) is 33.9 Å². The molecule has 0 aliphatic heterocycles. The van der Waals surface area contributed by atoms with E-state index < -0.39 is 6.09 Å². The zero-order valence-electron chi connectivity index (χ0n) is 12.0. The molecule has 0 aliphatic carbocycles. The first kappa shape index (κ1) is 14.5. The third kappa shape index (κ3) is 2.42. The quantitative estimate of drug-likeness (QED) is 0.538. The Morgan fingerprint density at radius 1 is 1.33 bits per heavy atom. The molecular formula is C15H9ClFN5O2. The predicted octanol–water partition coefficient (Wildman–Crippen LogP) is 3.96. The summed E-state index contributed by atoms with van der Waals surface area (Å²) in [5.74, 6) is 0.167. The van der Waals surface area contributed by atoms with E-state index in [1.165, 1.54) is 4.52 Å². The number of carbonyl (C=O) groups is 1. The van der Waals surface area contributed by atoms with Gasteiger partial charge >= 0.3 is 6.09 Å². The van der Waals surface area contributed by atoms with Crippen molar-refractivity contribution in [2.45, 2.75) is 0 Å². The van der Waals surface area contributed by atoms with E-state index in [1.54, 1.807) is 18.5 Å². The number of hydrogen-bond donors (Lipinski definition) is 2. The molecule has 0 atom stereocenters. The van der Waals surface area contributed by atoms with Crippen LogP contribution in [0.5, 0.6) is 0 Å². The van der Waals surface area contributed by atoms with Crippen molar-refractivity contribution < 1.29 is 14.3 Å². The van der Waals surface area contributed by atoms with Crippen molar-refractivity contribution in [1.82, 2.24) is 19.6 Å². The van der Waals surface area contributed by atoms with Gasteiger partial charge in [0.05, 0.1) is 5.52 Å². The van der Waals surface area contributed by atoms with Gasteiger partial charge in [0.15, 0.2) is 5.82 Å². The maximum absolute atomic E-state index is 11.8. The van der Waals surface area contributed by atoms with E-state index >= 15 is 0 Å². The summed E-state index contributed by atoms with van der Waals surface area (Å²) in [6.07, 6.45) is 2.26. The van der Waals surface area contributed by atoms with Gasteiger partial charge in [-0.05, 0) is 29.8 Å². The standard InChI is InChI=1S/C15H9ClFN5O2/c16-13-11(6-9-1-3-18-14(9)20-13)8-2-4-22-10(5-8)7-12(21-22)19-15(23)24-17/h1-7H,(H,18,20)(H,19,21,23). The van der Waals surface area contributed by atoms with Crippen LogP contribution in [-0.2, 0) is 4.94 Å². The van der Waals surface area contributed by atoms with E-state index in [9.17, 15) is 9.32 Å². The first-order chi connectivity index (χ1) is 11.6. The summed E-state index contributed by atoms with van der Waals surface area (Å²) in [6, 6.07) is 9.07. The number of hydrogen-bond acceptors (Lipinski definition) is 4. The van der Waals surface area contributed by atoms with Crippen molar-refractivity contribution in [3.8, 4) is 11.1 Å². The molecule has 4 rings (SSSR count). The number of fused-ring (bicyclic) bond motifs is 2. The number of pyridine rings is 2. The second-order valence-electron chi connectivity index (χ2n) is 5.05. The molecule has 0 saturated carbocycles. The van der Waals surface area contributed by atoms with Crippen LogP contribution in [0.25, 0.3) is 27.7 Å². The maximum Gasteiger partial charge on any atom is 0.450 e. The van der Waals surface area contributed by atoms with Crippen molar-refractivity contribution in [2.24, 2.45) is 0 Å². The minimum Gasteiger partial charge on any atom is -0.346 e. The lowest BCUT2D eigenvalue weighted by Gasteiger charge is -2.05.